The maximum atomic E-state index is 9.70. The largest absolute Gasteiger partial charge is 0.389 e. The third kappa shape index (κ3) is 2.55. The van der Waals surface area contributed by atoms with E-state index in [2.05, 4.69) is 39.0 Å². The first kappa shape index (κ1) is 13.4. The van der Waals surface area contributed by atoms with Crippen molar-refractivity contribution in [2.45, 2.75) is 51.2 Å². The van der Waals surface area contributed by atoms with Gasteiger partial charge in [-0.1, -0.05) is 34.8 Å². The molecule has 1 aromatic carbocycles. The van der Waals surface area contributed by atoms with Crippen LogP contribution in [-0.2, 0) is 0 Å². The first-order valence-corrected chi connectivity index (χ1v) is 8.20. The Morgan fingerprint density at radius 1 is 1.26 bits per heavy atom. The number of nitrogens with zero attached hydrogens (tertiary/aromatic N) is 1. The number of hydrogen-bond donors (Lipinski definition) is 1. The summed E-state index contributed by atoms with van der Waals surface area (Å²) < 4.78 is 1.03. The molecule has 2 unspecified atom stereocenters. The second-order valence-corrected chi connectivity index (χ2v) is 6.83. The van der Waals surface area contributed by atoms with Gasteiger partial charge in [0, 0.05) is 22.7 Å². The Kier molecular flexibility index (Phi) is 3.86. The fraction of sp³-hybridized carbons (Fsp3) is 0.625. The van der Waals surface area contributed by atoms with Gasteiger partial charge < -0.3 is 10.0 Å². The van der Waals surface area contributed by atoms with Gasteiger partial charge in [0.1, 0.15) is 0 Å². The van der Waals surface area contributed by atoms with Crippen LogP contribution < -0.4 is 4.90 Å². The van der Waals surface area contributed by atoms with Crippen molar-refractivity contribution in [2.75, 3.05) is 11.4 Å². The Bertz CT molecular complexity index is 460. The van der Waals surface area contributed by atoms with Crippen molar-refractivity contribution in [3.8, 4) is 0 Å². The molecule has 2 nitrogen and oxygen atoms in total. The van der Waals surface area contributed by atoms with Crippen molar-refractivity contribution in [1.29, 1.82) is 0 Å². The summed E-state index contributed by atoms with van der Waals surface area (Å²) in [5, 5.41) is 9.70. The minimum atomic E-state index is -0.413. The van der Waals surface area contributed by atoms with Gasteiger partial charge in [0.15, 0.2) is 0 Å². The average Bonchev–Trinajstić information content (AvgIpc) is 2.82. The number of aliphatic hydroxyl groups excluding tert-OH is 1. The molecule has 1 saturated carbocycles. The summed E-state index contributed by atoms with van der Waals surface area (Å²) in [6.45, 7) is 3.00. The molecule has 104 valence electrons. The summed E-state index contributed by atoms with van der Waals surface area (Å²) in [6, 6.07) is 7.15. The van der Waals surface area contributed by atoms with Gasteiger partial charge >= 0.3 is 0 Å². The van der Waals surface area contributed by atoms with Crippen LogP contribution in [0.5, 0.6) is 0 Å². The van der Waals surface area contributed by atoms with Crippen LogP contribution in [0.25, 0.3) is 0 Å². The first-order valence-electron chi connectivity index (χ1n) is 7.41. The highest BCUT2D eigenvalue weighted by Crippen LogP contribution is 2.40. The lowest BCUT2D eigenvalue weighted by Crippen LogP contribution is -2.34. The molecule has 2 fully saturated rings. The maximum absolute atomic E-state index is 9.70. The zero-order valence-electron chi connectivity index (χ0n) is 11.5. The molecule has 0 aromatic heterocycles. The second-order valence-electron chi connectivity index (χ2n) is 5.98. The fourth-order valence-electron chi connectivity index (χ4n) is 3.76. The smallest absolute Gasteiger partial charge is 0.0772 e. The van der Waals surface area contributed by atoms with Crippen molar-refractivity contribution in [2.24, 2.45) is 5.92 Å². The predicted molar refractivity (Wildman–Crippen MR) is 82.5 cm³/mol. The van der Waals surface area contributed by atoms with Crippen LogP contribution in [0.4, 0.5) is 5.69 Å². The number of benzene rings is 1. The van der Waals surface area contributed by atoms with Crippen LogP contribution >= 0.6 is 15.9 Å². The molecule has 1 aliphatic carbocycles. The van der Waals surface area contributed by atoms with E-state index in [0.29, 0.717) is 0 Å². The van der Waals surface area contributed by atoms with E-state index in [-0.39, 0.29) is 0 Å². The summed E-state index contributed by atoms with van der Waals surface area (Å²) in [7, 11) is 0. The molecule has 3 heteroatoms. The van der Waals surface area contributed by atoms with E-state index in [1.165, 1.54) is 44.3 Å². The van der Waals surface area contributed by atoms with Crippen LogP contribution in [0.15, 0.2) is 22.7 Å². The van der Waals surface area contributed by atoms with Crippen LogP contribution in [0, 0.1) is 5.92 Å². The Morgan fingerprint density at radius 2 is 2.05 bits per heavy atom. The third-order valence-corrected chi connectivity index (χ3v) is 5.46. The highest BCUT2D eigenvalue weighted by molar-refractivity contribution is 9.10. The lowest BCUT2D eigenvalue weighted by molar-refractivity contribution is 0.198. The molecular weight excluding hydrogens is 302 g/mol. The Morgan fingerprint density at radius 3 is 2.79 bits per heavy atom. The summed E-state index contributed by atoms with van der Waals surface area (Å²) in [5.74, 6) is 0.906. The van der Waals surface area contributed by atoms with E-state index in [4.69, 9.17) is 0 Å². The lowest BCUT2D eigenvalue weighted by Gasteiger charge is -2.33. The molecule has 3 rings (SSSR count). The van der Waals surface area contributed by atoms with E-state index in [1.807, 2.05) is 6.92 Å². The molecule has 1 saturated heterocycles. The van der Waals surface area contributed by atoms with Crippen molar-refractivity contribution in [3.05, 3.63) is 28.2 Å². The van der Waals surface area contributed by atoms with Crippen molar-refractivity contribution < 1.29 is 5.11 Å². The average molecular weight is 324 g/mol. The number of rotatable bonds is 2. The predicted octanol–water partition coefficient (Wildman–Crippen LogP) is 4.27. The zero-order chi connectivity index (χ0) is 13.4. The van der Waals surface area contributed by atoms with E-state index in [9.17, 15) is 5.11 Å². The summed E-state index contributed by atoms with van der Waals surface area (Å²) in [4.78, 5) is 2.58. The highest BCUT2D eigenvalue weighted by atomic mass is 79.9. The van der Waals surface area contributed by atoms with E-state index < -0.39 is 6.10 Å². The van der Waals surface area contributed by atoms with Gasteiger partial charge in [0.05, 0.1) is 6.10 Å². The molecular formula is C16H22BrNO. The molecule has 0 amide bonds. The molecule has 1 aromatic rings. The van der Waals surface area contributed by atoms with Gasteiger partial charge in [-0.25, -0.2) is 0 Å². The number of fused-ring (bicyclic) bond motifs is 1. The number of aliphatic hydroxyl groups is 1. The van der Waals surface area contributed by atoms with Crippen LogP contribution in [0.2, 0.25) is 0 Å². The topological polar surface area (TPSA) is 23.5 Å². The van der Waals surface area contributed by atoms with E-state index in [0.717, 1.165) is 22.0 Å². The Hall–Kier alpha value is -0.540. The molecule has 0 bridgehead atoms. The zero-order valence-corrected chi connectivity index (χ0v) is 13.1. The SMILES string of the molecule is C[C@H](O)c1ccc(N2CCC3CCCCC32)cc1Br. The molecule has 0 radical (unpaired) electrons. The van der Waals surface area contributed by atoms with E-state index >= 15 is 0 Å². The monoisotopic (exact) mass is 323 g/mol. The molecule has 3 atom stereocenters. The van der Waals surface area contributed by atoms with Crippen LogP contribution in [0.1, 0.15) is 50.7 Å². The van der Waals surface area contributed by atoms with Gasteiger partial charge in [-0.3, -0.25) is 0 Å². The number of hydrogen-bond acceptors (Lipinski definition) is 2. The normalized spacial score (nSPS) is 28.3. The number of halogens is 1. The van der Waals surface area contributed by atoms with Crippen molar-refractivity contribution in [1.82, 2.24) is 0 Å². The highest BCUT2D eigenvalue weighted by Gasteiger charge is 2.35. The molecule has 0 spiro atoms. The summed E-state index contributed by atoms with van der Waals surface area (Å²) >= 11 is 3.60. The fourth-order valence-corrected chi connectivity index (χ4v) is 4.46. The molecule has 1 aliphatic heterocycles. The van der Waals surface area contributed by atoms with Crippen molar-refractivity contribution in [3.63, 3.8) is 0 Å². The van der Waals surface area contributed by atoms with Gasteiger partial charge in [-0.05, 0) is 49.8 Å². The van der Waals surface area contributed by atoms with Crippen LogP contribution in [-0.4, -0.2) is 17.7 Å². The standard InChI is InChI=1S/C16H22BrNO/c1-11(19)14-7-6-13(10-15(14)17)18-9-8-12-4-2-3-5-16(12)18/h6-7,10-12,16,19H,2-5,8-9H2,1H3/t11-,12?,16?/m0/s1. The van der Waals surface area contributed by atoms with E-state index in [1.54, 1.807) is 0 Å². The molecule has 19 heavy (non-hydrogen) atoms. The first-order chi connectivity index (χ1) is 9.16. The number of anilines is 1. The molecule has 1 N–H and O–H groups in total. The minimum absolute atomic E-state index is 0.413. The lowest BCUT2D eigenvalue weighted by atomic mass is 9.85. The summed E-state index contributed by atoms with van der Waals surface area (Å²) in [6.07, 6.45) is 6.49. The van der Waals surface area contributed by atoms with Gasteiger partial charge in [-0.15, -0.1) is 0 Å². The van der Waals surface area contributed by atoms with Crippen LogP contribution in [0.3, 0.4) is 0 Å². The maximum Gasteiger partial charge on any atom is 0.0772 e. The molecule has 2 aliphatic rings. The third-order valence-electron chi connectivity index (χ3n) is 4.78. The second kappa shape index (κ2) is 5.45. The quantitative estimate of drug-likeness (QED) is 0.878. The van der Waals surface area contributed by atoms with Gasteiger partial charge in [-0.2, -0.15) is 0 Å². The minimum Gasteiger partial charge on any atom is -0.389 e. The van der Waals surface area contributed by atoms with Gasteiger partial charge in [0.2, 0.25) is 0 Å². The molecule has 1 heterocycles. The van der Waals surface area contributed by atoms with Crippen molar-refractivity contribution >= 4 is 21.6 Å². The summed E-state index contributed by atoms with van der Waals surface area (Å²) in [5.41, 5.74) is 2.29. The Labute approximate surface area is 123 Å². The Balaban J connectivity index is 1.84. The van der Waals surface area contributed by atoms with Gasteiger partial charge in [0.25, 0.3) is 0 Å².